The standard InChI is InChI=1S/C17H18BrN.ClH/c1-15(18)12-19(13-16-8-4-2-5-9-16)14-17-10-6-3-7-11-17;/h2-11H,1,12-14H2;1H. The molecule has 2 rings (SSSR count). The van der Waals surface area contributed by atoms with Gasteiger partial charge in [-0.2, -0.15) is 0 Å². The maximum absolute atomic E-state index is 3.95. The first kappa shape index (κ1) is 17.0. The molecule has 0 aliphatic carbocycles. The van der Waals surface area contributed by atoms with Crippen LogP contribution in [0.2, 0.25) is 0 Å². The first-order valence-electron chi connectivity index (χ1n) is 6.37. The van der Waals surface area contributed by atoms with Crippen molar-refractivity contribution < 1.29 is 0 Å². The van der Waals surface area contributed by atoms with Crippen LogP contribution in [0.1, 0.15) is 11.1 Å². The van der Waals surface area contributed by atoms with E-state index in [1.165, 1.54) is 11.1 Å². The van der Waals surface area contributed by atoms with Gasteiger partial charge in [-0.25, -0.2) is 0 Å². The number of hydrogen-bond donors (Lipinski definition) is 0. The number of rotatable bonds is 6. The lowest BCUT2D eigenvalue weighted by molar-refractivity contribution is 0.285. The van der Waals surface area contributed by atoms with Gasteiger partial charge in [-0.05, 0) is 11.1 Å². The van der Waals surface area contributed by atoms with Gasteiger partial charge >= 0.3 is 0 Å². The summed E-state index contributed by atoms with van der Waals surface area (Å²) in [5.74, 6) is 0. The molecular formula is C17H19BrClN. The van der Waals surface area contributed by atoms with Crippen molar-refractivity contribution in [3.63, 3.8) is 0 Å². The zero-order chi connectivity index (χ0) is 13.5. The van der Waals surface area contributed by atoms with Crippen molar-refractivity contribution in [2.24, 2.45) is 0 Å². The highest BCUT2D eigenvalue weighted by Gasteiger charge is 2.07. The highest BCUT2D eigenvalue weighted by Crippen LogP contribution is 2.13. The highest BCUT2D eigenvalue weighted by atomic mass is 79.9. The average molecular weight is 353 g/mol. The lowest BCUT2D eigenvalue weighted by atomic mass is 10.1. The quantitative estimate of drug-likeness (QED) is 0.705. The average Bonchev–Trinajstić information content (AvgIpc) is 2.40. The van der Waals surface area contributed by atoms with Crippen molar-refractivity contribution in [2.75, 3.05) is 6.54 Å². The van der Waals surface area contributed by atoms with Gasteiger partial charge in [0, 0.05) is 24.1 Å². The first-order valence-corrected chi connectivity index (χ1v) is 7.17. The molecule has 0 amide bonds. The van der Waals surface area contributed by atoms with E-state index in [0.29, 0.717) is 0 Å². The van der Waals surface area contributed by atoms with Gasteiger partial charge in [0.25, 0.3) is 0 Å². The summed E-state index contributed by atoms with van der Waals surface area (Å²) in [7, 11) is 0. The summed E-state index contributed by atoms with van der Waals surface area (Å²) in [5.41, 5.74) is 2.65. The molecule has 106 valence electrons. The molecule has 3 heteroatoms. The van der Waals surface area contributed by atoms with Crippen LogP contribution in [0, 0.1) is 0 Å². The fourth-order valence-corrected chi connectivity index (χ4v) is 2.45. The maximum Gasteiger partial charge on any atom is 0.0300 e. The monoisotopic (exact) mass is 351 g/mol. The second kappa shape index (κ2) is 8.96. The second-order valence-electron chi connectivity index (χ2n) is 4.63. The fraction of sp³-hybridized carbons (Fsp3) is 0.176. The van der Waals surface area contributed by atoms with E-state index < -0.39 is 0 Å². The zero-order valence-electron chi connectivity index (χ0n) is 11.3. The molecule has 0 saturated carbocycles. The van der Waals surface area contributed by atoms with Crippen molar-refractivity contribution >= 4 is 28.3 Å². The van der Waals surface area contributed by atoms with Gasteiger partial charge in [0.1, 0.15) is 0 Å². The summed E-state index contributed by atoms with van der Waals surface area (Å²) >= 11 is 3.47. The molecule has 0 aliphatic heterocycles. The first-order chi connectivity index (χ1) is 9.24. The number of nitrogens with zero attached hydrogens (tertiary/aromatic N) is 1. The predicted molar refractivity (Wildman–Crippen MR) is 92.3 cm³/mol. The third kappa shape index (κ3) is 5.91. The number of halogens is 2. The molecule has 0 N–H and O–H groups in total. The van der Waals surface area contributed by atoms with Crippen LogP contribution >= 0.6 is 28.3 Å². The Morgan fingerprint density at radius 2 is 1.25 bits per heavy atom. The Kier molecular flexibility index (Phi) is 7.60. The molecule has 0 fully saturated rings. The van der Waals surface area contributed by atoms with Gasteiger partial charge in [-0.15, -0.1) is 12.4 Å². The lowest BCUT2D eigenvalue weighted by Crippen LogP contribution is -2.24. The smallest absolute Gasteiger partial charge is 0.0300 e. The van der Waals surface area contributed by atoms with E-state index in [1.54, 1.807) is 0 Å². The Balaban J connectivity index is 0.00000200. The van der Waals surface area contributed by atoms with Crippen LogP contribution in [0.5, 0.6) is 0 Å². The minimum absolute atomic E-state index is 0. The topological polar surface area (TPSA) is 3.24 Å². The third-order valence-electron chi connectivity index (χ3n) is 2.89. The van der Waals surface area contributed by atoms with E-state index in [4.69, 9.17) is 0 Å². The van der Waals surface area contributed by atoms with Gasteiger partial charge < -0.3 is 0 Å². The van der Waals surface area contributed by atoms with E-state index in [9.17, 15) is 0 Å². The molecule has 0 saturated heterocycles. The SMILES string of the molecule is C=C(Br)CN(Cc1ccccc1)Cc1ccccc1.Cl. The Labute approximate surface area is 135 Å². The summed E-state index contributed by atoms with van der Waals surface area (Å²) in [4.78, 5) is 2.38. The number of hydrogen-bond acceptors (Lipinski definition) is 1. The van der Waals surface area contributed by atoms with Crippen LogP contribution in [0.3, 0.4) is 0 Å². The van der Waals surface area contributed by atoms with Crippen LogP contribution in [0.15, 0.2) is 71.7 Å². The molecule has 1 nitrogen and oxygen atoms in total. The zero-order valence-corrected chi connectivity index (χ0v) is 13.7. The molecule has 0 radical (unpaired) electrons. The summed E-state index contributed by atoms with van der Waals surface area (Å²) in [6.07, 6.45) is 0. The summed E-state index contributed by atoms with van der Waals surface area (Å²) in [6.45, 7) is 6.67. The Morgan fingerprint density at radius 3 is 1.60 bits per heavy atom. The minimum Gasteiger partial charge on any atom is -0.290 e. The van der Waals surface area contributed by atoms with Crippen molar-refractivity contribution in [1.29, 1.82) is 0 Å². The molecule has 2 aromatic rings. The Bertz CT molecular complexity index is 472. The highest BCUT2D eigenvalue weighted by molar-refractivity contribution is 9.11. The van der Waals surface area contributed by atoms with E-state index in [0.717, 1.165) is 24.1 Å². The van der Waals surface area contributed by atoms with Crippen LogP contribution in [0.4, 0.5) is 0 Å². The predicted octanol–water partition coefficient (Wildman–Crippen LogP) is 5.02. The van der Waals surface area contributed by atoms with Crippen LogP contribution in [-0.4, -0.2) is 11.4 Å². The summed E-state index contributed by atoms with van der Waals surface area (Å²) in [6, 6.07) is 21.1. The molecular weight excluding hydrogens is 334 g/mol. The molecule has 0 atom stereocenters. The second-order valence-corrected chi connectivity index (χ2v) is 5.76. The Hall–Kier alpha value is -1.09. The third-order valence-corrected chi connectivity index (χ3v) is 3.14. The molecule has 0 aliphatic rings. The van der Waals surface area contributed by atoms with E-state index in [-0.39, 0.29) is 12.4 Å². The van der Waals surface area contributed by atoms with E-state index in [1.807, 2.05) is 0 Å². The van der Waals surface area contributed by atoms with Gasteiger partial charge in [0.05, 0.1) is 0 Å². The van der Waals surface area contributed by atoms with Gasteiger partial charge in [-0.1, -0.05) is 83.2 Å². The fourth-order valence-electron chi connectivity index (χ4n) is 2.09. The summed E-state index contributed by atoms with van der Waals surface area (Å²) < 4.78 is 1.01. The molecule has 2 aromatic carbocycles. The maximum atomic E-state index is 3.95. The van der Waals surface area contributed by atoms with Crippen molar-refractivity contribution in [3.05, 3.63) is 82.9 Å². The van der Waals surface area contributed by atoms with Crippen LogP contribution in [-0.2, 0) is 13.1 Å². The molecule has 20 heavy (non-hydrogen) atoms. The van der Waals surface area contributed by atoms with Crippen molar-refractivity contribution in [3.8, 4) is 0 Å². The van der Waals surface area contributed by atoms with Gasteiger partial charge in [0.15, 0.2) is 0 Å². The Morgan fingerprint density at radius 1 is 0.850 bits per heavy atom. The molecule has 0 aromatic heterocycles. The number of benzene rings is 2. The molecule has 0 bridgehead atoms. The normalized spacial score (nSPS) is 10.1. The lowest BCUT2D eigenvalue weighted by Gasteiger charge is -2.22. The van der Waals surface area contributed by atoms with Gasteiger partial charge in [-0.3, -0.25) is 4.90 Å². The molecule has 0 spiro atoms. The van der Waals surface area contributed by atoms with E-state index >= 15 is 0 Å². The molecule has 0 heterocycles. The van der Waals surface area contributed by atoms with Crippen LogP contribution in [0.25, 0.3) is 0 Å². The van der Waals surface area contributed by atoms with Gasteiger partial charge in [0.2, 0.25) is 0 Å². The summed E-state index contributed by atoms with van der Waals surface area (Å²) in [5, 5.41) is 0. The largest absolute Gasteiger partial charge is 0.290 e. The van der Waals surface area contributed by atoms with E-state index in [2.05, 4.69) is 88.1 Å². The van der Waals surface area contributed by atoms with Crippen molar-refractivity contribution in [2.45, 2.75) is 13.1 Å². The van der Waals surface area contributed by atoms with Crippen LogP contribution < -0.4 is 0 Å². The molecule has 0 unspecified atom stereocenters. The minimum atomic E-state index is 0. The van der Waals surface area contributed by atoms with Crippen molar-refractivity contribution in [1.82, 2.24) is 4.90 Å².